The van der Waals surface area contributed by atoms with Crippen molar-refractivity contribution >= 4 is 38.8 Å². The second-order valence-corrected chi connectivity index (χ2v) is 10.2. The van der Waals surface area contributed by atoms with Crippen molar-refractivity contribution in [3.8, 4) is 33.4 Å². The molecule has 0 fully saturated rings. The maximum Gasteiger partial charge on any atom is 0.143 e. The SMILES string of the molecule is C=C/C=C\c1c(C)c(-c2ccc(-c3ccccc3)cc2)c2ccccc2c1-c1cccc2c1oc1ccccc12. The smallest absolute Gasteiger partial charge is 0.143 e. The van der Waals surface area contributed by atoms with E-state index in [1.54, 1.807) is 0 Å². The third-order valence-corrected chi connectivity index (χ3v) is 7.87. The molecule has 190 valence electrons. The topological polar surface area (TPSA) is 13.1 Å². The summed E-state index contributed by atoms with van der Waals surface area (Å²) in [7, 11) is 0. The molecule has 0 unspecified atom stereocenters. The monoisotopic (exact) mass is 512 g/mol. The first-order valence-electron chi connectivity index (χ1n) is 13.7. The van der Waals surface area contributed by atoms with Gasteiger partial charge in [0.15, 0.2) is 0 Å². The molecule has 0 aliphatic rings. The van der Waals surface area contributed by atoms with E-state index < -0.39 is 0 Å². The Kier molecular flexibility index (Phi) is 5.91. The Morgan fingerprint density at radius 2 is 1.15 bits per heavy atom. The van der Waals surface area contributed by atoms with E-state index in [9.17, 15) is 0 Å². The van der Waals surface area contributed by atoms with Crippen molar-refractivity contribution in [1.29, 1.82) is 0 Å². The number of rotatable bonds is 5. The molecular formula is C39H28O. The minimum Gasteiger partial charge on any atom is -0.455 e. The Labute approximate surface area is 234 Å². The largest absolute Gasteiger partial charge is 0.455 e. The van der Waals surface area contributed by atoms with Crippen LogP contribution in [0.25, 0.3) is 72.2 Å². The van der Waals surface area contributed by atoms with Gasteiger partial charge < -0.3 is 4.42 Å². The Morgan fingerprint density at radius 1 is 0.550 bits per heavy atom. The van der Waals surface area contributed by atoms with Crippen LogP contribution in [0.2, 0.25) is 0 Å². The van der Waals surface area contributed by atoms with E-state index in [0.717, 1.165) is 27.5 Å². The van der Waals surface area contributed by atoms with Gasteiger partial charge in [0.05, 0.1) is 0 Å². The highest BCUT2D eigenvalue weighted by Gasteiger charge is 2.21. The van der Waals surface area contributed by atoms with Crippen LogP contribution in [0.1, 0.15) is 11.1 Å². The first-order valence-corrected chi connectivity index (χ1v) is 13.7. The Morgan fingerprint density at radius 3 is 1.90 bits per heavy atom. The molecule has 1 heteroatoms. The summed E-state index contributed by atoms with van der Waals surface area (Å²) in [6, 6.07) is 43.0. The second kappa shape index (κ2) is 9.87. The minimum absolute atomic E-state index is 0.907. The molecule has 0 bridgehead atoms. The van der Waals surface area contributed by atoms with Crippen molar-refractivity contribution in [2.24, 2.45) is 0 Å². The fraction of sp³-hybridized carbons (Fsp3) is 0.0256. The molecule has 0 radical (unpaired) electrons. The molecule has 1 aromatic heterocycles. The zero-order valence-electron chi connectivity index (χ0n) is 22.4. The summed E-state index contributed by atoms with van der Waals surface area (Å²) in [4.78, 5) is 0. The van der Waals surface area contributed by atoms with Crippen LogP contribution in [-0.4, -0.2) is 0 Å². The van der Waals surface area contributed by atoms with E-state index in [1.165, 1.54) is 49.7 Å². The molecular weight excluding hydrogens is 484 g/mol. The quantitative estimate of drug-likeness (QED) is 0.209. The molecule has 1 heterocycles. The van der Waals surface area contributed by atoms with Gasteiger partial charge in [-0.3, -0.25) is 0 Å². The zero-order chi connectivity index (χ0) is 27.1. The highest BCUT2D eigenvalue weighted by atomic mass is 16.3. The van der Waals surface area contributed by atoms with Gasteiger partial charge in [0.1, 0.15) is 11.2 Å². The highest BCUT2D eigenvalue weighted by molar-refractivity contribution is 6.16. The molecule has 7 aromatic rings. The standard InChI is InChI=1S/C39H28O/c1-3-4-15-30-26(2)37(29-24-22-28(23-25-29)27-13-6-5-7-14-27)32-17-8-9-18-33(32)38(30)35-20-12-19-34-31-16-10-11-21-36(31)40-39(34)35/h3-25H,1H2,2H3/b15-4-. The lowest BCUT2D eigenvalue weighted by molar-refractivity contribution is 0.670. The number of benzene rings is 6. The predicted octanol–water partition coefficient (Wildman–Crippen LogP) is 11.2. The van der Waals surface area contributed by atoms with E-state index >= 15 is 0 Å². The normalized spacial score (nSPS) is 11.6. The molecule has 0 N–H and O–H groups in total. The van der Waals surface area contributed by atoms with Gasteiger partial charge >= 0.3 is 0 Å². The van der Waals surface area contributed by atoms with Crippen LogP contribution in [0.3, 0.4) is 0 Å². The van der Waals surface area contributed by atoms with Gasteiger partial charge in [-0.15, -0.1) is 0 Å². The minimum atomic E-state index is 0.907. The molecule has 0 spiro atoms. The van der Waals surface area contributed by atoms with Crippen LogP contribution in [0.5, 0.6) is 0 Å². The summed E-state index contributed by atoms with van der Waals surface area (Å²) in [5, 5.41) is 4.70. The summed E-state index contributed by atoms with van der Waals surface area (Å²) in [6.07, 6.45) is 6.06. The van der Waals surface area contributed by atoms with Gasteiger partial charge in [-0.25, -0.2) is 0 Å². The lowest BCUT2D eigenvalue weighted by atomic mass is 9.83. The summed E-state index contributed by atoms with van der Waals surface area (Å²) in [5.41, 5.74) is 11.4. The molecule has 0 saturated heterocycles. The van der Waals surface area contributed by atoms with Gasteiger partial charge in [-0.1, -0.05) is 140 Å². The lowest BCUT2D eigenvalue weighted by Crippen LogP contribution is -1.96. The van der Waals surface area contributed by atoms with Crippen molar-refractivity contribution in [3.05, 3.63) is 151 Å². The fourth-order valence-electron chi connectivity index (χ4n) is 6.03. The van der Waals surface area contributed by atoms with Gasteiger partial charge in [0, 0.05) is 21.9 Å². The van der Waals surface area contributed by atoms with Crippen LogP contribution >= 0.6 is 0 Å². The summed E-state index contributed by atoms with van der Waals surface area (Å²) >= 11 is 0. The van der Waals surface area contributed by atoms with E-state index in [0.29, 0.717) is 0 Å². The number of fused-ring (bicyclic) bond motifs is 4. The van der Waals surface area contributed by atoms with E-state index in [-0.39, 0.29) is 0 Å². The molecule has 6 aromatic carbocycles. The maximum absolute atomic E-state index is 6.51. The Hall–Kier alpha value is -5.14. The molecule has 40 heavy (non-hydrogen) atoms. The van der Waals surface area contributed by atoms with Crippen LogP contribution in [-0.2, 0) is 0 Å². The first kappa shape index (κ1) is 23.9. The zero-order valence-corrected chi connectivity index (χ0v) is 22.4. The van der Waals surface area contributed by atoms with Gasteiger partial charge in [-0.05, 0) is 57.1 Å². The summed E-state index contributed by atoms with van der Waals surface area (Å²) < 4.78 is 6.51. The van der Waals surface area contributed by atoms with Crippen LogP contribution < -0.4 is 0 Å². The fourth-order valence-corrected chi connectivity index (χ4v) is 6.03. The number of hydrogen-bond acceptors (Lipinski definition) is 1. The van der Waals surface area contributed by atoms with Crippen LogP contribution in [0.15, 0.2) is 144 Å². The summed E-state index contributed by atoms with van der Waals surface area (Å²) in [5.74, 6) is 0. The van der Waals surface area contributed by atoms with Gasteiger partial charge in [0.2, 0.25) is 0 Å². The van der Waals surface area contributed by atoms with Gasteiger partial charge in [-0.2, -0.15) is 0 Å². The van der Waals surface area contributed by atoms with Crippen molar-refractivity contribution in [3.63, 3.8) is 0 Å². The molecule has 0 atom stereocenters. The lowest BCUT2D eigenvalue weighted by Gasteiger charge is -2.20. The second-order valence-electron chi connectivity index (χ2n) is 10.2. The maximum atomic E-state index is 6.51. The molecule has 1 nitrogen and oxygen atoms in total. The highest BCUT2D eigenvalue weighted by Crippen LogP contribution is 2.45. The van der Waals surface area contributed by atoms with Crippen LogP contribution in [0, 0.1) is 6.92 Å². The van der Waals surface area contributed by atoms with Gasteiger partial charge in [0.25, 0.3) is 0 Å². The average Bonchev–Trinajstić information content (AvgIpc) is 3.40. The van der Waals surface area contributed by atoms with E-state index in [4.69, 9.17) is 4.42 Å². The Balaban J connectivity index is 1.53. The van der Waals surface area contributed by atoms with E-state index in [2.05, 4.69) is 129 Å². The van der Waals surface area contributed by atoms with Crippen molar-refractivity contribution in [2.45, 2.75) is 6.92 Å². The predicted molar refractivity (Wildman–Crippen MR) is 172 cm³/mol. The Bertz CT molecular complexity index is 2060. The molecule has 0 amide bonds. The molecule has 0 aliphatic carbocycles. The third-order valence-electron chi connectivity index (χ3n) is 7.87. The van der Waals surface area contributed by atoms with E-state index in [1.807, 2.05) is 24.3 Å². The molecule has 7 rings (SSSR count). The summed E-state index contributed by atoms with van der Waals surface area (Å²) in [6.45, 7) is 6.20. The first-order chi connectivity index (χ1) is 19.7. The molecule has 0 saturated carbocycles. The molecule has 0 aliphatic heterocycles. The van der Waals surface area contributed by atoms with Crippen LogP contribution in [0.4, 0.5) is 0 Å². The van der Waals surface area contributed by atoms with Crippen molar-refractivity contribution in [1.82, 2.24) is 0 Å². The number of hydrogen-bond donors (Lipinski definition) is 0. The number of para-hydroxylation sites is 2. The van der Waals surface area contributed by atoms with Crippen molar-refractivity contribution < 1.29 is 4.42 Å². The third kappa shape index (κ3) is 3.87. The number of allylic oxidation sites excluding steroid dienone is 2. The number of furan rings is 1. The van der Waals surface area contributed by atoms with Crippen molar-refractivity contribution in [2.75, 3.05) is 0 Å². The average molecular weight is 513 g/mol.